The van der Waals surface area contributed by atoms with E-state index in [1.165, 1.54) is 18.2 Å². The van der Waals surface area contributed by atoms with E-state index in [1.807, 2.05) is 0 Å². The van der Waals surface area contributed by atoms with Crippen LogP contribution in [0.5, 0.6) is 0 Å². The Morgan fingerprint density at radius 1 is 1.41 bits per heavy atom. The Bertz CT molecular complexity index is 560. The first-order valence-electron chi connectivity index (χ1n) is 4.62. The van der Waals surface area contributed by atoms with E-state index >= 15 is 0 Å². The molecule has 0 spiro atoms. The van der Waals surface area contributed by atoms with E-state index in [9.17, 15) is 13.2 Å². The van der Waals surface area contributed by atoms with Crippen LogP contribution in [-0.4, -0.2) is 25.2 Å². The van der Waals surface area contributed by atoms with Crippen molar-refractivity contribution in [3.05, 3.63) is 29.8 Å². The molecule has 0 saturated heterocycles. The van der Waals surface area contributed by atoms with Crippen LogP contribution in [0.3, 0.4) is 0 Å². The molecule has 0 amide bonds. The number of rotatable bonds is 5. The predicted molar refractivity (Wildman–Crippen MR) is 60.8 cm³/mol. The topological polar surface area (TPSA) is 107 Å². The summed E-state index contributed by atoms with van der Waals surface area (Å²) in [6.45, 7) is 0. The quantitative estimate of drug-likeness (QED) is 0.799. The average Bonchev–Trinajstić information content (AvgIpc) is 2.19. The van der Waals surface area contributed by atoms with Crippen LogP contribution in [0.25, 0.3) is 0 Å². The van der Waals surface area contributed by atoms with Gasteiger partial charge in [-0.1, -0.05) is 18.2 Å². The van der Waals surface area contributed by atoms with Gasteiger partial charge in [0, 0.05) is 0 Å². The van der Waals surface area contributed by atoms with E-state index in [4.69, 9.17) is 10.4 Å². The number of benzene rings is 1. The minimum absolute atomic E-state index is 0.185. The van der Waals surface area contributed by atoms with Crippen molar-refractivity contribution in [3.63, 3.8) is 0 Å². The van der Waals surface area contributed by atoms with Gasteiger partial charge in [-0.2, -0.15) is 5.26 Å². The van der Waals surface area contributed by atoms with E-state index < -0.39 is 21.7 Å². The Morgan fingerprint density at radius 3 is 2.65 bits per heavy atom. The fourth-order valence-corrected chi connectivity index (χ4v) is 2.00. The highest BCUT2D eigenvalue weighted by Crippen LogP contribution is 2.17. The van der Waals surface area contributed by atoms with Crippen LogP contribution in [0, 0.1) is 11.3 Å². The van der Waals surface area contributed by atoms with E-state index in [-0.39, 0.29) is 12.1 Å². The number of hydrogen-bond donors (Lipinski definition) is 2. The zero-order chi connectivity index (χ0) is 12.9. The molecule has 90 valence electrons. The monoisotopic (exact) mass is 254 g/mol. The SMILES string of the molecule is N#CCS(=O)(=O)Nc1ccccc1CC(=O)O. The van der Waals surface area contributed by atoms with E-state index in [0.717, 1.165) is 0 Å². The van der Waals surface area contributed by atoms with Crippen LogP contribution in [0.4, 0.5) is 5.69 Å². The number of carboxylic acids is 1. The Balaban J connectivity index is 2.99. The summed E-state index contributed by atoms with van der Waals surface area (Å²) < 4.78 is 24.9. The summed E-state index contributed by atoms with van der Waals surface area (Å²) in [5.74, 6) is -1.73. The summed E-state index contributed by atoms with van der Waals surface area (Å²) in [7, 11) is -3.75. The van der Waals surface area contributed by atoms with Gasteiger partial charge >= 0.3 is 5.97 Å². The molecule has 0 fully saturated rings. The Morgan fingerprint density at radius 2 is 2.06 bits per heavy atom. The molecule has 2 N–H and O–H groups in total. The standard InChI is InChI=1S/C10H10N2O4S/c11-5-6-17(15,16)12-9-4-2-1-3-8(9)7-10(13)14/h1-4,12H,6-7H2,(H,13,14). The molecule has 17 heavy (non-hydrogen) atoms. The molecular weight excluding hydrogens is 244 g/mol. The number of carbonyl (C=O) groups is 1. The molecule has 0 aromatic heterocycles. The summed E-state index contributed by atoms with van der Waals surface area (Å²) in [6.07, 6.45) is -0.286. The van der Waals surface area contributed by atoms with Gasteiger partial charge in [-0.05, 0) is 11.6 Å². The highest BCUT2D eigenvalue weighted by atomic mass is 32.2. The van der Waals surface area contributed by atoms with Gasteiger partial charge in [-0.3, -0.25) is 9.52 Å². The largest absolute Gasteiger partial charge is 0.481 e. The molecule has 0 aliphatic rings. The molecule has 0 atom stereocenters. The number of carboxylic acid groups (broad SMARTS) is 1. The minimum atomic E-state index is -3.75. The predicted octanol–water partition coefficient (Wildman–Crippen LogP) is 0.579. The van der Waals surface area contributed by atoms with Crippen molar-refractivity contribution in [1.29, 1.82) is 5.26 Å². The van der Waals surface area contributed by atoms with E-state index in [1.54, 1.807) is 12.1 Å². The maximum absolute atomic E-state index is 11.4. The van der Waals surface area contributed by atoms with Crippen LogP contribution in [0.1, 0.15) is 5.56 Å². The third kappa shape index (κ3) is 4.12. The van der Waals surface area contributed by atoms with Gasteiger partial charge in [-0.25, -0.2) is 8.42 Å². The van der Waals surface area contributed by atoms with Crippen molar-refractivity contribution >= 4 is 21.7 Å². The number of nitrogens with one attached hydrogen (secondary N) is 1. The van der Waals surface area contributed by atoms with Crippen LogP contribution >= 0.6 is 0 Å². The van der Waals surface area contributed by atoms with E-state index in [2.05, 4.69) is 4.72 Å². The number of sulfonamides is 1. The first kappa shape index (κ1) is 13.0. The lowest BCUT2D eigenvalue weighted by atomic mass is 10.1. The second kappa shape index (κ2) is 5.32. The maximum Gasteiger partial charge on any atom is 0.307 e. The molecule has 1 aromatic carbocycles. The van der Waals surface area contributed by atoms with Crippen LogP contribution in [-0.2, 0) is 21.2 Å². The molecule has 0 aliphatic carbocycles. The normalized spacial score (nSPS) is 10.5. The molecule has 0 bridgehead atoms. The number of nitrogens with zero attached hydrogens (tertiary/aromatic N) is 1. The van der Waals surface area contributed by atoms with Gasteiger partial charge in [0.15, 0.2) is 5.75 Å². The van der Waals surface area contributed by atoms with Gasteiger partial charge in [0.25, 0.3) is 0 Å². The first-order valence-corrected chi connectivity index (χ1v) is 6.27. The van der Waals surface area contributed by atoms with Gasteiger partial charge in [0.05, 0.1) is 18.2 Å². The number of hydrogen-bond acceptors (Lipinski definition) is 4. The smallest absolute Gasteiger partial charge is 0.307 e. The van der Waals surface area contributed by atoms with Crippen LogP contribution in [0.2, 0.25) is 0 Å². The third-order valence-electron chi connectivity index (χ3n) is 1.88. The van der Waals surface area contributed by atoms with E-state index in [0.29, 0.717) is 5.56 Å². The highest BCUT2D eigenvalue weighted by molar-refractivity contribution is 7.92. The Hall–Kier alpha value is -2.07. The summed E-state index contributed by atoms with van der Waals surface area (Å²) >= 11 is 0. The van der Waals surface area contributed by atoms with Crippen molar-refractivity contribution in [2.75, 3.05) is 10.5 Å². The maximum atomic E-state index is 11.4. The van der Waals surface area contributed by atoms with Crippen molar-refractivity contribution in [1.82, 2.24) is 0 Å². The Labute approximate surface area is 98.6 Å². The molecule has 0 unspecified atom stereocenters. The lowest BCUT2D eigenvalue weighted by Crippen LogP contribution is -2.17. The van der Waals surface area contributed by atoms with Crippen LogP contribution < -0.4 is 4.72 Å². The fraction of sp³-hybridized carbons (Fsp3) is 0.200. The van der Waals surface area contributed by atoms with Crippen molar-refractivity contribution in [3.8, 4) is 6.07 Å². The molecular formula is C10H10N2O4S. The summed E-state index contributed by atoms with van der Waals surface area (Å²) in [5, 5.41) is 17.0. The minimum Gasteiger partial charge on any atom is -0.481 e. The van der Waals surface area contributed by atoms with Crippen molar-refractivity contribution in [2.24, 2.45) is 0 Å². The molecule has 6 nitrogen and oxygen atoms in total. The average molecular weight is 254 g/mol. The van der Waals surface area contributed by atoms with Crippen molar-refractivity contribution in [2.45, 2.75) is 6.42 Å². The highest BCUT2D eigenvalue weighted by Gasteiger charge is 2.13. The summed E-state index contributed by atoms with van der Waals surface area (Å²) in [4.78, 5) is 10.6. The van der Waals surface area contributed by atoms with Crippen molar-refractivity contribution < 1.29 is 18.3 Å². The molecule has 0 radical (unpaired) electrons. The summed E-state index contributed by atoms with van der Waals surface area (Å²) in [5.41, 5.74) is 0.534. The second-order valence-electron chi connectivity index (χ2n) is 3.25. The second-order valence-corrected chi connectivity index (χ2v) is 4.97. The molecule has 0 heterocycles. The van der Waals surface area contributed by atoms with Gasteiger partial charge < -0.3 is 5.11 Å². The van der Waals surface area contributed by atoms with Gasteiger partial charge in [0.2, 0.25) is 10.0 Å². The number of nitriles is 1. The fourth-order valence-electron chi connectivity index (χ4n) is 1.23. The van der Waals surface area contributed by atoms with Gasteiger partial charge in [0.1, 0.15) is 0 Å². The molecule has 0 aliphatic heterocycles. The lowest BCUT2D eigenvalue weighted by molar-refractivity contribution is -0.136. The van der Waals surface area contributed by atoms with Gasteiger partial charge in [-0.15, -0.1) is 0 Å². The molecule has 1 aromatic rings. The Kier molecular flexibility index (Phi) is 4.06. The number of aliphatic carboxylic acids is 1. The lowest BCUT2D eigenvalue weighted by Gasteiger charge is -2.09. The third-order valence-corrected chi connectivity index (χ3v) is 2.92. The van der Waals surface area contributed by atoms with Crippen LogP contribution in [0.15, 0.2) is 24.3 Å². The number of anilines is 1. The zero-order valence-corrected chi connectivity index (χ0v) is 9.57. The zero-order valence-electron chi connectivity index (χ0n) is 8.75. The molecule has 0 saturated carbocycles. The molecule has 7 heteroatoms. The number of para-hydroxylation sites is 1. The molecule has 1 rings (SSSR count). The first-order chi connectivity index (χ1) is 7.94. The summed E-state index contributed by atoms with van der Waals surface area (Å²) in [6, 6.07) is 7.68.